The highest BCUT2D eigenvalue weighted by molar-refractivity contribution is 6.30. The van der Waals surface area contributed by atoms with Crippen molar-refractivity contribution in [2.24, 2.45) is 4.99 Å². The average Bonchev–Trinajstić information content (AvgIpc) is 2.95. The Bertz CT molecular complexity index is 1540. The van der Waals surface area contributed by atoms with Crippen LogP contribution in [0.2, 0.25) is 5.02 Å². The molecule has 2 N–H and O–H groups in total. The molecular formula is C30H29ClFN5O2. The smallest absolute Gasteiger partial charge is 0.160 e. The maximum absolute atomic E-state index is 14.8. The van der Waals surface area contributed by atoms with Crippen molar-refractivity contribution in [3.8, 4) is 22.4 Å². The van der Waals surface area contributed by atoms with Crippen molar-refractivity contribution in [2.45, 2.75) is 13.3 Å². The van der Waals surface area contributed by atoms with Crippen molar-refractivity contribution in [1.82, 2.24) is 19.9 Å². The third-order valence-corrected chi connectivity index (χ3v) is 6.34. The Balaban J connectivity index is 1.82. The zero-order valence-corrected chi connectivity index (χ0v) is 22.3. The number of aromatic nitrogens is 3. The minimum atomic E-state index is -0.436. The van der Waals surface area contributed by atoms with Gasteiger partial charge in [0, 0.05) is 65.4 Å². The van der Waals surface area contributed by atoms with Gasteiger partial charge in [0.2, 0.25) is 0 Å². The van der Waals surface area contributed by atoms with Gasteiger partial charge in [0.25, 0.3) is 0 Å². The van der Waals surface area contributed by atoms with E-state index < -0.39 is 5.82 Å². The number of benzene rings is 1. The van der Waals surface area contributed by atoms with Crippen molar-refractivity contribution in [3.63, 3.8) is 0 Å². The van der Waals surface area contributed by atoms with Crippen LogP contribution in [0.3, 0.4) is 0 Å². The summed E-state index contributed by atoms with van der Waals surface area (Å²) in [6.45, 7) is 6.66. The van der Waals surface area contributed by atoms with Gasteiger partial charge < -0.3 is 15.1 Å². The summed E-state index contributed by atoms with van der Waals surface area (Å²) < 4.78 is 14.8. The van der Waals surface area contributed by atoms with E-state index >= 15 is 0 Å². The maximum Gasteiger partial charge on any atom is 0.160 e. The Hall–Kier alpha value is -3.98. The molecule has 7 nitrogen and oxygen atoms in total. The normalized spacial score (nSPS) is 12.1. The molecule has 0 radical (unpaired) electrons. The summed E-state index contributed by atoms with van der Waals surface area (Å²) in [5.41, 5.74) is 4.06. The highest BCUT2D eigenvalue weighted by Gasteiger charge is 2.15. The molecule has 0 saturated carbocycles. The van der Waals surface area contributed by atoms with E-state index in [0.717, 1.165) is 22.1 Å². The standard InChI is InChI=1S/C30H29ClFN5O2/c1-3-6-28(35-20(2)37(12-14-39)11-5-13-38)22-15-21(18-33-19-22)25-17-29(26-16-23(31)8-9-27(26)32)36-30-24(25)7-4-10-34-30/h3-4,6-10,15-19,38-39H,1,5,11-14H2,2H3/b28-6-,35-20?. The molecule has 4 rings (SSSR count). The van der Waals surface area contributed by atoms with E-state index in [0.29, 0.717) is 47.4 Å². The number of aliphatic imine (C=N–C) groups is 1. The van der Waals surface area contributed by atoms with Gasteiger partial charge in [-0.1, -0.05) is 24.3 Å². The van der Waals surface area contributed by atoms with Crippen LogP contribution in [0.15, 0.2) is 84.8 Å². The van der Waals surface area contributed by atoms with Gasteiger partial charge in [-0.15, -0.1) is 0 Å². The molecular weight excluding hydrogens is 517 g/mol. The molecule has 0 amide bonds. The van der Waals surface area contributed by atoms with Crippen molar-refractivity contribution in [1.29, 1.82) is 0 Å². The minimum absolute atomic E-state index is 0.0332. The lowest BCUT2D eigenvalue weighted by atomic mass is 9.99. The number of hydrogen-bond donors (Lipinski definition) is 2. The molecule has 0 atom stereocenters. The van der Waals surface area contributed by atoms with Gasteiger partial charge in [0.1, 0.15) is 11.7 Å². The van der Waals surface area contributed by atoms with Crippen molar-refractivity contribution < 1.29 is 14.6 Å². The molecule has 4 aromatic rings. The van der Waals surface area contributed by atoms with Gasteiger partial charge in [-0.25, -0.2) is 19.4 Å². The van der Waals surface area contributed by atoms with E-state index in [1.807, 2.05) is 36.1 Å². The molecule has 0 bridgehead atoms. The molecule has 0 saturated heterocycles. The van der Waals surface area contributed by atoms with Gasteiger partial charge in [0.05, 0.1) is 18.0 Å². The summed E-state index contributed by atoms with van der Waals surface area (Å²) in [4.78, 5) is 20.2. The molecule has 3 aromatic heterocycles. The zero-order valence-electron chi connectivity index (χ0n) is 21.6. The Morgan fingerprint density at radius 3 is 2.72 bits per heavy atom. The molecule has 9 heteroatoms. The number of pyridine rings is 3. The summed E-state index contributed by atoms with van der Waals surface area (Å²) >= 11 is 6.16. The second-order valence-electron chi connectivity index (χ2n) is 8.75. The molecule has 1 aromatic carbocycles. The van der Waals surface area contributed by atoms with Crippen LogP contribution in [-0.4, -0.2) is 62.2 Å². The number of aliphatic hydroxyl groups is 2. The molecule has 0 fully saturated rings. The number of allylic oxidation sites excluding steroid dienone is 2. The van der Waals surface area contributed by atoms with Gasteiger partial charge in [-0.2, -0.15) is 0 Å². The van der Waals surface area contributed by atoms with Crippen molar-refractivity contribution in [2.75, 3.05) is 26.3 Å². The quantitative estimate of drug-likeness (QED) is 0.149. The monoisotopic (exact) mass is 545 g/mol. The van der Waals surface area contributed by atoms with E-state index in [2.05, 4.69) is 21.5 Å². The topological polar surface area (TPSA) is 94.7 Å². The SMILES string of the molecule is C=C/C=C(\N=C(C)N(CCO)CCCO)c1cncc(-c2cc(-c3cc(Cl)ccc3F)nc3ncccc23)c1. The number of hydrogen-bond acceptors (Lipinski definition) is 6. The van der Waals surface area contributed by atoms with Crippen LogP contribution >= 0.6 is 11.6 Å². The van der Waals surface area contributed by atoms with Crippen molar-refractivity contribution >= 4 is 34.2 Å². The number of halogens is 2. The molecule has 0 unspecified atom stereocenters. The molecule has 200 valence electrons. The van der Waals surface area contributed by atoms with Crippen LogP contribution in [0.1, 0.15) is 18.9 Å². The summed E-state index contributed by atoms with van der Waals surface area (Å²) in [6.07, 6.45) is 9.07. The average molecular weight is 546 g/mol. The second-order valence-corrected chi connectivity index (χ2v) is 9.19. The predicted octanol–water partition coefficient (Wildman–Crippen LogP) is 5.77. The number of rotatable bonds is 10. The van der Waals surface area contributed by atoms with E-state index in [4.69, 9.17) is 16.6 Å². The Labute approximate surface area is 231 Å². The van der Waals surface area contributed by atoms with E-state index in [-0.39, 0.29) is 18.8 Å². The Kier molecular flexibility index (Phi) is 9.49. The van der Waals surface area contributed by atoms with E-state index in [1.165, 1.54) is 12.1 Å². The fourth-order valence-corrected chi connectivity index (χ4v) is 4.40. The lowest BCUT2D eigenvalue weighted by molar-refractivity contribution is 0.229. The van der Waals surface area contributed by atoms with Gasteiger partial charge in [-0.05, 0) is 67.4 Å². The van der Waals surface area contributed by atoms with Crippen LogP contribution in [0.25, 0.3) is 39.1 Å². The Morgan fingerprint density at radius 2 is 1.95 bits per heavy atom. The highest BCUT2D eigenvalue weighted by atomic mass is 35.5. The number of nitrogens with zero attached hydrogens (tertiary/aromatic N) is 5. The third-order valence-electron chi connectivity index (χ3n) is 6.11. The lowest BCUT2D eigenvalue weighted by Gasteiger charge is -2.23. The Morgan fingerprint density at radius 1 is 1.10 bits per heavy atom. The van der Waals surface area contributed by atoms with Crippen LogP contribution in [0.4, 0.5) is 4.39 Å². The summed E-state index contributed by atoms with van der Waals surface area (Å²) in [5, 5.41) is 19.9. The van der Waals surface area contributed by atoms with Gasteiger partial charge in [0.15, 0.2) is 5.65 Å². The second kappa shape index (κ2) is 13.2. The summed E-state index contributed by atoms with van der Waals surface area (Å²) in [7, 11) is 0. The fourth-order valence-electron chi connectivity index (χ4n) is 4.23. The summed E-state index contributed by atoms with van der Waals surface area (Å²) in [6, 6.07) is 11.8. The first-order valence-corrected chi connectivity index (χ1v) is 12.8. The lowest BCUT2D eigenvalue weighted by Crippen LogP contribution is -2.33. The first-order valence-electron chi connectivity index (χ1n) is 12.5. The highest BCUT2D eigenvalue weighted by Crippen LogP contribution is 2.34. The largest absolute Gasteiger partial charge is 0.396 e. The summed E-state index contributed by atoms with van der Waals surface area (Å²) in [5.74, 6) is 0.253. The van der Waals surface area contributed by atoms with Gasteiger partial charge >= 0.3 is 0 Å². The first-order chi connectivity index (χ1) is 18.9. The fraction of sp³-hybridized carbons (Fsp3) is 0.200. The zero-order chi connectivity index (χ0) is 27.8. The minimum Gasteiger partial charge on any atom is -0.396 e. The first kappa shape index (κ1) is 28.0. The number of aliphatic hydroxyl groups excluding tert-OH is 2. The molecule has 39 heavy (non-hydrogen) atoms. The van der Waals surface area contributed by atoms with Crippen LogP contribution in [0.5, 0.6) is 0 Å². The third kappa shape index (κ3) is 6.72. The van der Waals surface area contributed by atoms with E-state index in [1.54, 1.807) is 36.8 Å². The molecule has 3 heterocycles. The number of fused-ring (bicyclic) bond motifs is 1. The molecule has 0 aliphatic heterocycles. The van der Waals surface area contributed by atoms with Crippen LogP contribution < -0.4 is 0 Å². The van der Waals surface area contributed by atoms with E-state index in [9.17, 15) is 14.6 Å². The molecule has 0 spiro atoms. The maximum atomic E-state index is 14.8. The molecule has 0 aliphatic rings. The van der Waals surface area contributed by atoms with Crippen molar-refractivity contribution in [3.05, 3.63) is 96.2 Å². The predicted molar refractivity (Wildman–Crippen MR) is 155 cm³/mol. The van der Waals surface area contributed by atoms with Gasteiger partial charge in [-0.3, -0.25) is 4.98 Å². The van der Waals surface area contributed by atoms with Crippen LogP contribution in [-0.2, 0) is 0 Å². The van der Waals surface area contributed by atoms with Crippen LogP contribution in [0, 0.1) is 5.82 Å². The number of amidine groups is 1. The molecule has 0 aliphatic carbocycles.